The predicted molar refractivity (Wildman–Crippen MR) is 87.8 cm³/mol. The van der Waals surface area contributed by atoms with Gasteiger partial charge < -0.3 is 13.9 Å². The van der Waals surface area contributed by atoms with Crippen molar-refractivity contribution in [2.75, 3.05) is 25.5 Å². The maximum absolute atomic E-state index is 13.9. The molecule has 0 aliphatic carbocycles. The van der Waals surface area contributed by atoms with Crippen molar-refractivity contribution in [3.05, 3.63) is 29.3 Å². The second-order valence-electron chi connectivity index (χ2n) is 6.48. The average Bonchev–Trinajstić information content (AvgIpc) is 3.22. The number of halogens is 1. The third kappa shape index (κ3) is 4.36. The van der Waals surface area contributed by atoms with Crippen LogP contribution in [-0.2, 0) is 6.54 Å². The summed E-state index contributed by atoms with van der Waals surface area (Å²) in [7, 11) is 1.67. The van der Waals surface area contributed by atoms with Gasteiger partial charge in [-0.2, -0.15) is 0 Å². The van der Waals surface area contributed by atoms with E-state index < -0.39 is 6.17 Å². The van der Waals surface area contributed by atoms with E-state index in [2.05, 4.69) is 15.6 Å². The first-order chi connectivity index (χ1) is 11.9. The summed E-state index contributed by atoms with van der Waals surface area (Å²) in [4.78, 5) is 15.8. The lowest BCUT2D eigenvalue weighted by atomic mass is 10.2. The summed E-state index contributed by atoms with van der Waals surface area (Å²) in [5.74, 6) is 1.67. The van der Waals surface area contributed by atoms with Gasteiger partial charge in [0.05, 0.1) is 12.2 Å². The van der Waals surface area contributed by atoms with Crippen LogP contribution in [0.5, 0.6) is 0 Å². The first kappa shape index (κ1) is 17.4. The van der Waals surface area contributed by atoms with Crippen LogP contribution in [-0.4, -0.2) is 58.5 Å². The molecule has 0 unspecified atom stereocenters. The Hall–Kier alpha value is -2.42. The summed E-state index contributed by atoms with van der Waals surface area (Å²) in [6.45, 7) is 4.79. The van der Waals surface area contributed by atoms with Gasteiger partial charge in [-0.15, -0.1) is 0 Å². The number of hydrogen-bond donors (Lipinski definition) is 1. The molecule has 1 aliphatic heterocycles. The van der Waals surface area contributed by atoms with E-state index in [1.807, 2.05) is 17.9 Å². The molecule has 0 saturated carbocycles. The van der Waals surface area contributed by atoms with Crippen molar-refractivity contribution in [3.8, 4) is 0 Å². The van der Waals surface area contributed by atoms with E-state index in [9.17, 15) is 9.18 Å². The van der Waals surface area contributed by atoms with E-state index in [1.165, 1.54) is 4.90 Å². The van der Waals surface area contributed by atoms with Gasteiger partial charge in [0.15, 0.2) is 11.6 Å². The molecule has 2 amide bonds. The number of carbonyl (C=O) groups excluding carboxylic acids is 1. The first-order valence-corrected chi connectivity index (χ1v) is 8.16. The van der Waals surface area contributed by atoms with Crippen LogP contribution in [0.1, 0.15) is 23.6 Å². The number of amides is 2. The van der Waals surface area contributed by atoms with E-state index in [4.69, 9.17) is 9.05 Å². The number of rotatable bonds is 5. The Labute approximate surface area is 144 Å². The summed E-state index contributed by atoms with van der Waals surface area (Å²) in [5, 5.41) is 10.2. The maximum atomic E-state index is 13.9. The Morgan fingerprint density at radius 3 is 2.84 bits per heavy atom. The third-order valence-electron chi connectivity index (χ3n) is 4.21. The highest BCUT2D eigenvalue weighted by Gasteiger charge is 2.34. The first-order valence-electron chi connectivity index (χ1n) is 8.16. The summed E-state index contributed by atoms with van der Waals surface area (Å²) in [5.41, 5.74) is 0.793. The number of urea groups is 1. The topological polar surface area (TPSA) is 87.6 Å². The highest BCUT2D eigenvalue weighted by molar-refractivity contribution is 5.88. The Morgan fingerprint density at radius 2 is 2.20 bits per heavy atom. The van der Waals surface area contributed by atoms with Gasteiger partial charge in [0, 0.05) is 38.3 Å². The number of nitrogens with one attached hydrogen (secondary N) is 1. The molecule has 1 saturated heterocycles. The van der Waals surface area contributed by atoms with Gasteiger partial charge >= 0.3 is 6.03 Å². The molecule has 1 aliphatic rings. The number of likely N-dealkylation sites (tertiary alicyclic amines) is 1. The largest absolute Gasteiger partial charge is 0.360 e. The molecule has 0 bridgehead atoms. The van der Waals surface area contributed by atoms with Crippen LogP contribution in [0, 0.1) is 13.8 Å². The van der Waals surface area contributed by atoms with Crippen LogP contribution in [0.15, 0.2) is 21.2 Å². The molecule has 3 rings (SSSR count). The molecule has 0 radical (unpaired) electrons. The zero-order chi connectivity index (χ0) is 18.0. The molecule has 1 fully saturated rings. The number of aryl methyl sites for hydroxylation is 2. The fourth-order valence-electron chi connectivity index (χ4n) is 3.03. The average molecular weight is 351 g/mol. The lowest BCUT2D eigenvalue weighted by Gasteiger charge is -2.27. The summed E-state index contributed by atoms with van der Waals surface area (Å²) in [6, 6.07) is 3.07. The Bertz CT molecular complexity index is 731. The molecular weight excluding hydrogens is 329 g/mol. The van der Waals surface area contributed by atoms with Crippen molar-refractivity contribution in [2.24, 2.45) is 0 Å². The van der Waals surface area contributed by atoms with Gasteiger partial charge in [0.25, 0.3) is 0 Å². The fraction of sp³-hybridized carbons (Fsp3) is 0.562. The molecule has 2 atom stereocenters. The van der Waals surface area contributed by atoms with Gasteiger partial charge in [-0.05, 0) is 20.3 Å². The van der Waals surface area contributed by atoms with Gasteiger partial charge in [0.2, 0.25) is 0 Å². The molecule has 2 aromatic rings. The van der Waals surface area contributed by atoms with E-state index >= 15 is 0 Å². The maximum Gasteiger partial charge on any atom is 0.322 e. The van der Waals surface area contributed by atoms with Crippen molar-refractivity contribution in [1.82, 2.24) is 20.1 Å². The van der Waals surface area contributed by atoms with Crippen LogP contribution in [0.2, 0.25) is 0 Å². The molecule has 9 heteroatoms. The minimum Gasteiger partial charge on any atom is -0.360 e. The normalized spacial score (nSPS) is 20.8. The van der Waals surface area contributed by atoms with E-state index in [0.717, 1.165) is 5.69 Å². The fourth-order valence-corrected chi connectivity index (χ4v) is 3.03. The van der Waals surface area contributed by atoms with Gasteiger partial charge in [-0.25, -0.2) is 9.18 Å². The number of aromatic nitrogens is 2. The van der Waals surface area contributed by atoms with Crippen molar-refractivity contribution >= 4 is 11.8 Å². The lowest BCUT2D eigenvalue weighted by Crippen LogP contribution is -2.42. The monoisotopic (exact) mass is 351 g/mol. The Morgan fingerprint density at radius 1 is 1.40 bits per heavy atom. The number of nitrogens with zero attached hydrogens (tertiary/aromatic N) is 4. The van der Waals surface area contributed by atoms with Crippen molar-refractivity contribution < 1.29 is 18.2 Å². The lowest BCUT2D eigenvalue weighted by molar-refractivity contribution is 0.171. The van der Waals surface area contributed by atoms with Crippen LogP contribution in [0.4, 0.5) is 15.0 Å². The Balaban J connectivity index is 1.58. The third-order valence-corrected chi connectivity index (χ3v) is 4.21. The molecule has 136 valence electrons. The van der Waals surface area contributed by atoms with E-state index in [-0.39, 0.29) is 12.1 Å². The van der Waals surface area contributed by atoms with Crippen LogP contribution >= 0.6 is 0 Å². The molecule has 0 aromatic carbocycles. The summed E-state index contributed by atoms with van der Waals surface area (Å²) < 4.78 is 24.0. The van der Waals surface area contributed by atoms with E-state index in [0.29, 0.717) is 43.4 Å². The predicted octanol–water partition coefficient (Wildman–Crippen LogP) is 2.36. The molecule has 8 nitrogen and oxygen atoms in total. The van der Waals surface area contributed by atoms with Crippen LogP contribution < -0.4 is 5.32 Å². The van der Waals surface area contributed by atoms with Gasteiger partial charge in [-0.1, -0.05) is 10.3 Å². The second kappa shape index (κ2) is 7.22. The number of carbonyl (C=O) groups is 1. The number of likely N-dealkylation sites (N-methyl/N-ethyl adjacent to an activating group) is 1. The zero-order valence-electron chi connectivity index (χ0n) is 14.5. The quantitative estimate of drug-likeness (QED) is 0.890. The van der Waals surface area contributed by atoms with Crippen LogP contribution in [0.3, 0.4) is 0 Å². The number of alkyl halides is 1. The number of anilines is 1. The Kier molecular flexibility index (Phi) is 5.03. The molecule has 1 N–H and O–H groups in total. The van der Waals surface area contributed by atoms with Crippen LogP contribution in [0.25, 0.3) is 0 Å². The molecule has 0 spiro atoms. The smallest absolute Gasteiger partial charge is 0.322 e. The van der Waals surface area contributed by atoms with Crippen molar-refractivity contribution in [2.45, 2.75) is 39.0 Å². The summed E-state index contributed by atoms with van der Waals surface area (Å²) in [6.07, 6.45) is -0.531. The minimum absolute atomic E-state index is 0.0878. The van der Waals surface area contributed by atoms with Crippen molar-refractivity contribution in [1.29, 1.82) is 0 Å². The highest BCUT2D eigenvalue weighted by atomic mass is 19.1. The molecule has 2 aromatic heterocycles. The zero-order valence-corrected chi connectivity index (χ0v) is 14.5. The SMILES string of the molecule is Cc1cc(CN2C[C@@H](F)C[C@H]2CN(C)C(=O)Nc2cc(C)on2)on1. The van der Waals surface area contributed by atoms with E-state index in [1.54, 1.807) is 20.0 Å². The van der Waals surface area contributed by atoms with Crippen molar-refractivity contribution in [3.63, 3.8) is 0 Å². The minimum atomic E-state index is -0.913. The molecule has 25 heavy (non-hydrogen) atoms. The molecule has 3 heterocycles. The van der Waals surface area contributed by atoms with Gasteiger partial charge in [-0.3, -0.25) is 10.2 Å². The standard InChI is InChI=1S/C16H22FN5O3/c1-10-4-14(25-19-10)9-22-7-12(17)6-13(22)8-21(3)16(23)18-15-5-11(2)24-20-15/h4-5,12-13H,6-9H2,1-3H3,(H,18,20,23)/t12-,13-/m0/s1. The summed E-state index contributed by atoms with van der Waals surface area (Å²) >= 11 is 0. The highest BCUT2D eigenvalue weighted by Crippen LogP contribution is 2.24. The molecular formula is C16H22FN5O3. The second-order valence-corrected chi connectivity index (χ2v) is 6.48. The van der Waals surface area contributed by atoms with Gasteiger partial charge in [0.1, 0.15) is 11.9 Å². The number of hydrogen-bond acceptors (Lipinski definition) is 6.